The Morgan fingerprint density at radius 1 is 1.28 bits per heavy atom. The summed E-state index contributed by atoms with van der Waals surface area (Å²) in [6.45, 7) is 2.42. The number of aryl methyl sites for hydroxylation is 1. The van der Waals surface area contributed by atoms with E-state index in [0.29, 0.717) is 46.9 Å². The minimum atomic E-state index is -0.150. The number of nitrogens with zero attached hydrogens (tertiary/aromatic N) is 4. The fourth-order valence-corrected chi connectivity index (χ4v) is 3.75. The van der Waals surface area contributed by atoms with E-state index in [1.165, 1.54) is 0 Å². The van der Waals surface area contributed by atoms with Gasteiger partial charge in [0.25, 0.3) is 5.89 Å². The summed E-state index contributed by atoms with van der Waals surface area (Å²) < 4.78 is 10.7. The van der Waals surface area contributed by atoms with Crippen LogP contribution in [-0.2, 0) is 4.79 Å². The highest BCUT2D eigenvalue weighted by molar-refractivity contribution is 6.30. The van der Waals surface area contributed by atoms with Crippen LogP contribution >= 0.6 is 11.6 Å². The van der Waals surface area contributed by atoms with Gasteiger partial charge in [0.05, 0.1) is 6.26 Å². The van der Waals surface area contributed by atoms with Crippen molar-refractivity contribution < 1.29 is 13.7 Å². The Bertz CT molecular complexity index is 1180. The van der Waals surface area contributed by atoms with Gasteiger partial charge in [-0.1, -0.05) is 16.8 Å². The van der Waals surface area contributed by atoms with Gasteiger partial charge in [0.1, 0.15) is 11.4 Å². The molecule has 1 fully saturated rings. The van der Waals surface area contributed by atoms with Crippen molar-refractivity contribution in [2.24, 2.45) is 0 Å². The summed E-state index contributed by atoms with van der Waals surface area (Å²) in [5, 5.41) is 11.8. The molecule has 0 saturated carbocycles. The molecule has 0 aliphatic carbocycles. The second-order valence-electron chi connectivity index (χ2n) is 6.94. The lowest BCUT2D eigenvalue weighted by Crippen LogP contribution is -2.25. The maximum absolute atomic E-state index is 12.6. The number of benzene rings is 1. The van der Waals surface area contributed by atoms with Crippen LogP contribution < -0.4 is 4.90 Å². The van der Waals surface area contributed by atoms with Gasteiger partial charge in [0, 0.05) is 35.7 Å². The molecule has 1 N–H and O–H groups in total. The molecule has 1 aromatic carbocycles. The molecule has 0 radical (unpaired) electrons. The van der Waals surface area contributed by atoms with Gasteiger partial charge in [0.15, 0.2) is 11.6 Å². The molecule has 1 amide bonds. The zero-order valence-electron chi connectivity index (χ0n) is 15.4. The Kier molecular flexibility index (Phi) is 4.21. The van der Waals surface area contributed by atoms with Crippen LogP contribution in [0, 0.1) is 6.92 Å². The van der Waals surface area contributed by atoms with Gasteiger partial charge in [-0.25, -0.2) is 0 Å². The van der Waals surface area contributed by atoms with Gasteiger partial charge in [-0.2, -0.15) is 10.1 Å². The number of amides is 1. The van der Waals surface area contributed by atoms with Crippen molar-refractivity contribution in [3.63, 3.8) is 0 Å². The minimum Gasteiger partial charge on any atom is -0.463 e. The number of aromatic nitrogens is 4. The predicted molar refractivity (Wildman–Crippen MR) is 105 cm³/mol. The Balaban J connectivity index is 1.36. The fourth-order valence-electron chi connectivity index (χ4n) is 3.53. The molecule has 146 valence electrons. The average molecular weight is 410 g/mol. The molecular weight excluding hydrogens is 394 g/mol. The van der Waals surface area contributed by atoms with E-state index in [4.69, 9.17) is 20.5 Å². The number of carbonyl (C=O) groups is 1. The molecule has 29 heavy (non-hydrogen) atoms. The molecule has 0 bridgehead atoms. The van der Waals surface area contributed by atoms with Crippen LogP contribution in [0.1, 0.15) is 23.7 Å². The molecule has 4 heterocycles. The maximum atomic E-state index is 12.6. The molecule has 1 atom stereocenters. The van der Waals surface area contributed by atoms with Gasteiger partial charge in [0.2, 0.25) is 5.91 Å². The molecule has 1 aliphatic heterocycles. The second-order valence-corrected chi connectivity index (χ2v) is 7.37. The number of carbonyl (C=O) groups excluding carboxylic acids is 1. The smallest absolute Gasteiger partial charge is 0.275 e. The summed E-state index contributed by atoms with van der Waals surface area (Å²) in [6, 6.07) is 10.9. The second kappa shape index (κ2) is 6.89. The third-order valence-corrected chi connectivity index (χ3v) is 5.20. The molecule has 0 spiro atoms. The van der Waals surface area contributed by atoms with Gasteiger partial charge in [-0.15, -0.1) is 0 Å². The van der Waals surface area contributed by atoms with Crippen LogP contribution in [0.5, 0.6) is 0 Å². The molecule has 4 aromatic rings. The van der Waals surface area contributed by atoms with Crippen LogP contribution in [0.15, 0.2) is 51.6 Å². The van der Waals surface area contributed by atoms with Crippen molar-refractivity contribution in [1.82, 2.24) is 20.3 Å². The van der Waals surface area contributed by atoms with Gasteiger partial charge < -0.3 is 13.8 Å². The number of furan rings is 1. The van der Waals surface area contributed by atoms with Crippen LogP contribution in [0.2, 0.25) is 5.02 Å². The third-order valence-electron chi connectivity index (χ3n) is 4.96. The number of rotatable bonds is 4. The Morgan fingerprint density at radius 2 is 2.17 bits per heavy atom. The summed E-state index contributed by atoms with van der Waals surface area (Å²) >= 11 is 6.03. The van der Waals surface area contributed by atoms with E-state index in [1.54, 1.807) is 29.4 Å². The lowest BCUT2D eigenvalue weighted by molar-refractivity contribution is -0.117. The molecule has 8 nitrogen and oxygen atoms in total. The minimum absolute atomic E-state index is 0.0217. The normalized spacial score (nSPS) is 16.7. The van der Waals surface area contributed by atoms with Crippen LogP contribution in [0.25, 0.3) is 23.0 Å². The van der Waals surface area contributed by atoms with Gasteiger partial charge in [-0.3, -0.25) is 9.89 Å². The lowest BCUT2D eigenvalue weighted by atomic mass is 10.1. The molecule has 5 rings (SSSR count). The first-order valence-electron chi connectivity index (χ1n) is 9.08. The highest BCUT2D eigenvalue weighted by atomic mass is 35.5. The predicted octanol–water partition coefficient (Wildman–Crippen LogP) is 4.20. The first-order chi connectivity index (χ1) is 14.1. The highest BCUT2D eigenvalue weighted by Crippen LogP contribution is 2.34. The number of nitrogens with one attached hydrogen (secondary N) is 1. The third kappa shape index (κ3) is 3.21. The quantitative estimate of drug-likeness (QED) is 0.542. The summed E-state index contributed by atoms with van der Waals surface area (Å²) in [5.74, 6) is 1.33. The molecule has 1 saturated heterocycles. The standard InChI is InChI=1S/C20H16ClN5O3/c1-11-7-13(21)4-5-16(11)26-10-12(8-18(26)27)19-22-20(29-25-19)15-9-14(23-24-15)17-3-2-6-28-17/h2-7,9,12H,8,10H2,1H3,(H,23,24). The largest absolute Gasteiger partial charge is 0.463 e. The van der Waals surface area contributed by atoms with Crippen molar-refractivity contribution >= 4 is 23.2 Å². The van der Waals surface area contributed by atoms with E-state index in [0.717, 1.165) is 11.3 Å². The number of halogens is 1. The number of hydrogen-bond acceptors (Lipinski definition) is 6. The number of anilines is 1. The first-order valence-corrected chi connectivity index (χ1v) is 9.46. The SMILES string of the molecule is Cc1cc(Cl)ccc1N1CC(c2noc(-c3cc(-c4ccco4)n[nH]3)n2)CC1=O. The monoisotopic (exact) mass is 409 g/mol. The summed E-state index contributed by atoms with van der Waals surface area (Å²) in [5.41, 5.74) is 3.03. The van der Waals surface area contributed by atoms with Crippen molar-refractivity contribution in [1.29, 1.82) is 0 Å². The van der Waals surface area contributed by atoms with E-state index in [2.05, 4.69) is 20.3 Å². The summed E-state index contributed by atoms with van der Waals surface area (Å²) in [4.78, 5) is 18.8. The van der Waals surface area contributed by atoms with E-state index >= 15 is 0 Å². The van der Waals surface area contributed by atoms with Crippen LogP contribution in [0.3, 0.4) is 0 Å². The zero-order chi connectivity index (χ0) is 20.0. The van der Waals surface area contributed by atoms with E-state index in [1.807, 2.05) is 25.1 Å². The number of hydrogen-bond donors (Lipinski definition) is 1. The van der Waals surface area contributed by atoms with Crippen LogP contribution in [-0.4, -0.2) is 32.8 Å². The maximum Gasteiger partial charge on any atom is 0.275 e. The Morgan fingerprint density at radius 3 is 2.97 bits per heavy atom. The van der Waals surface area contributed by atoms with Crippen molar-refractivity contribution in [2.75, 3.05) is 11.4 Å². The van der Waals surface area contributed by atoms with Crippen LogP contribution in [0.4, 0.5) is 5.69 Å². The lowest BCUT2D eigenvalue weighted by Gasteiger charge is -2.18. The number of aromatic amines is 1. The van der Waals surface area contributed by atoms with Gasteiger partial charge in [-0.05, 0) is 42.8 Å². The van der Waals surface area contributed by atoms with E-state index < -0.39 is 0 Å². The molecule has 9 heteroatoms. The topological polar surface area (TPSA) is 101 Å². The number of H-pyrrole nitrogens is 1. The highest BCUT2D eigenvalue weighted by Gasteiger charge is 2.35. The summed E-state index contributed by atoms with van der Waals surface area (Å²) in [6.07, 6.45) is 1.90. The average Bonchev–Trinajstić information content (AvgIpc) is 3.47. The van der Waals surface area contributed by atoms with Gasteiger partial charge >= 0.3 is 0 Å². The molecule has 1 unspecified atom stereocenters. The van der Waals surface area contributed by atoms with Crippen molar-refractivity contribution in [3.8, 4) is 23.0 Å². The Labute approximate surface area is 170 Å². The molecule has 1 aliphatic rings. The van der Waals surface area contributed by atoms with Crippen molar-refractivity contribution in [2.45, 2.75) is 19.3 Å². The Hall–Kier alpha value is -3.39. The summed E-state index contributed by atoms with van der Waals surface area (Å²) in [7, 11) is 0. The van der Waals surface area contributed by atoms with Crippen molar-refractivity contribution in [3.05, 3.63) is 59.1 Å². The molecule has 3 aromatic heterocycles. The molecular formula is C20H16ClN5O3. The van der Waals surface area contributed by atoms with E-state index in [-0.39, 0.29) is 11.8 Å². The zero-order valence-corrected chi connectivity index (χ0v) is 16.2. The first kappa shape index (κ1) is 17.7. The fraction of sp³-hybridized carbons (Fsp3) is 0.200. The van der Waals surface area contributed by atoms with E-state index in [9.17, 15) is 4.79 Å².